The van der Waals surface area contributed by atoms with Gasteiger partial charge in [0.1, 0.15) is 17.7 Å². The number of nitriles is 1. The molecule has 7 heteroatoms. The lowest BCUT2D eigenvalue weighted by molar-refractivity contribution is -0.385. The van der Waals surface area contributed by atoms with Crippen LogP contribution in [-0.2, 0) is 0 Å². The van der Waals surface area contributed by atoms with E-state index in [0.29, 0.717) is 11.8 Å². The van der Waals surface area contributed by atoms with Gasteiger partial charge in [-0.15, -0.1) is 0 Å². The molecular formula is C11H11BrN2O4. The van der Waals surface area contributed by atoms with Gasteiger partial charge in [0.15, 0.2) is 0 Å². The fraction of sp³-hybridized carbons (Fsp3) is 0.364. The second kappa shape index (κ2) is 6.44. The van der Waals surface area contributed by atoms with Crippen molar-refractivity contribution in [1.29, 1.82) is 5.26 Å². The van der Waals surface area contributed by atoms with Crippen LogP contribution in [0.4, 0.5) is 5.69 Å². The highest BCUT2D eigenvalue weighted by molar-refractivity contribution is 9.09. The standard InChI is InChI=1S/C11H11BrN2O4/c12-4-3-10(15)11(16)7-1-2-8(6-13)9(5-7)14(17)18/h1-2,5,10-11,15-16H,3-4H2. The first kappa shape index (κ1) is 14.6. The Kier molecular flexibility index (Phi) is 5.22. The van der Waals surface area contributed by atoms with Crippen LogP contribution in [0.2, 0.25) is 0 Å². The fourth-order valence-electron chi connectivity index (χ4n) is 1.47. The maximum Gasteiger partial charge on any atom is 0.287 e. The molecule has 1 aromatic carbocycles. The number of halogens is 1. The number of hydrogen-bond acceptors (Lipinski definition) is 5. The second-order valence-corrected chi connectivity index (χ2v) is 4.43. The van der Waals surface area contributed by atoms with Gasteiger partial charge in [-0.3, -0.25) is 10.1 Å². The molecular weight excluding hydrogens is 304 g/mol. The van der Waals surface area contributed by atoms with Gasteiger partial charge in [-0.25, -0.2) is 0 Å². The first-order valence-corrected chi connectivity index (χ1v) is 6.24. The Morgan fingerprint density at radius 1 is 1.50 bits per heavy atom. The van der Waals surface area contributed by atoms with E-state index in [1.807, 2.05) is 0 Å². The molecule has 1 aromatic rings. The van der Waals surface area contributed by atoms with E-state index < -0.39 is 17.1 Å². The number of aliphatic hydroxyl groups excluding tert-OH is 2. The Bertz CT molecular complexity index is 486. The van der Waals surface area contributed by atoms with E-state index in [1.54, 1.807) is 6.07 Å². The number of benzene rings is 1. The fourth-order valence-corrected chi connectivity index (χ4v) is 1.94. The molecule has 18 heavy (non-hydrogen) atoms. The smallest absolute Gasteiger partial charge is 0.287 e. The minimum absolute atomic E-state index is 0.0778. The number of nitro benzene ring substituents is 1. The molecule has 2 unspecified atom stereocenters. The molecule has 0 bridgehead atoms. The quantitative estimate of drug-likeness (QED) is 0.488. The van der Waals surface area contributed by atoms with Crippen molar-refractivity contribution in [2.45, 2.75) is 18.6 Å². The van der Waals surface area contributed by atoms with Gasteiger partial charge in [-0.05, 0) is 18.1 Å². The molecule has 0 aliphatic carbocycles. The van der Waals surface area contributed by atoms with Gasteiger partial charge in [0.2, 0.25) is 0 Å². The van der Waals surface area contributed by atoms with Gasteiger partial charge in [0, 0.05) is 11.4 Å². The number of nitrogens with zero attached hydrogens (tertiary/aromatic N) is 2. The van der Waals surface area contributed by atoms with E-state index in [-0.39, 0.29) is 16.8 Å². The summed E-state index contributed by atoms with van der Waals surface area (Å²) in [6.45, 7) is 0. The number of hydrogen-bond donors (Lipinski definition) is 2. The van der Waals surface area contributed by atoms with E-state index >= 15 is 0 Å². The Balaban J connectivity index is 3.09. The van der Waals surface area contributed by atoms with E-state index in [1.165, 1.54) is 12.1 Å². The summed E-state index contributed by atoms with van der Waals surface area (Å²) in [6.07, 6.45) is -1.92. The van der Waals surface area contributed by atoms with Crippen LogP contribution < -0.4 is 0 Å². The first-order valence-electron chi connectivity index (χ1n) is 5.11. The predicted molar refractivity (Wildman–Crippen MR) is 67.2 cm³/mol. The molecule has 0 aromatic heterocycles. The topological polar surface area (TPSA) is 107 Å². The third kappa shape index (κ3) is 3.26. The van der Waals surface area contributed by atoms with Crippen molar-refractivity contribution in [1.82, 2.24) is 0 Å². The second-order valence-electron chi connectivity index (χ2n) is 3.64. The summed E-state index contributed by atoms with van der Waals surface area (Å²) in [6, 6.07) is 5.47. The van der Waals surface area contributed by atoms with Crippen LogP contribution in [-0.4, -0.2) is 26.6 Å². The van der Waals surface area contributed by atoms with Crippen LogP contribution in [0.15, 0.2) is 18.2 Å². The minimum Gasteiger partial charge on any atom is -0.390 e. The summed E-state index contributed by atoms with van der Waals surface area (Å²) < 4.78 is 0. The number of alkyl halides is 1. The maximum atomic E-state index is 10.8. The average molecular weight is 315 g/mol. The van der Waals surface area contributed by atoms with Crippen molar-refractivity contribution in [3.63, 3.8) is 0 Å². The zero-order chi connectivity index (χ0) is 13.7. The summed E-state index contributed by atoms with van der Waals surface area (Å²) >= 11 is 3.13. The molecule has 0 fully saturated rings. The largest absolute Gasteiger partial charge is 0.390 e. The van der Waals surface area contributed by atoms with Crippen LogP contribution in [0.3, 0.4) is 0 Å². The molecule has 96 valence electrons. The molecule has 0 saturated heterocycles. The Morgan fingerprint density at radius 2 is 2.17 bits per heavy atom. The Labute approximate surface area is 112 Å². The molecule has 0 saturated carbocycles. The molecule has 6 nitrogen and oxygen atoms in total. The van der Waals surface area contributed by atoms with Crippen molar-refractivity contribution in [3.05, 3.63) is 39.4 Å². The molecule has 0 radical (unpaired) electrons. The van der Waals surface area contributed by atoms with Crippen LogP contribution in [0.25, 0.3) is 0 Å². The van der Waals surface area contributed by atoms with Gasteiger partial charge in [0.25, 0.3) is 5.69 Å². The first-order chi connectivity index (χ1) is 8.51. The number of aliphatic hydroxyl groups is 2. The lowest BCUT2D eigenvalue weighted by Gasteiger charge is -2.17. The summed E-state index contributed by atoms with van der Waals surface area (Å²) in [4.78, 5) is 10.1. The van der Waals surface area contributed by atoms with Gasteiger partial charge in [0.05, 0.1) is 11.0 Å². The van der Waals surface area contributed by atoms with E-state index in [0.717, 1.165) is 6.07 Å². The van der Waals surface area contributed by atoms with Crippen molar-refractivity contribution >= 4 is 21.6 Å². The van der Waals surface area contributed by atoms with Crippen LogP contribution in [0.1, 0.15) is 23.7 Å². The molecule has 0 aliphatic rings. The van der Waals surface area contributed by atoms with Crippen LogP contribution >= 0.6 is 15.9 Å². The highest BCUT2D eigenvalue weighted by Gasteiger charge is 2.22. The highest BCUT2D eigenvalue weighted by atomic mass is 79.9. The molecule has 0 spiro atoms. The van der Waals surface area contributed by atoms with Gasteiger partial charge >= 0.3 is 0 Å². The number of nitro groups is 1. The lowest BCUT2D eigenvalue weighted by atomic mass is 10.0. The summed E-state index contributed by atoms with van der Waals surface area (Å²) in [7, 11) is 0. The predicted octanol–water partition coefficient (Wildman–Crippen LogP) is 1.65. The molecule has 0 aliphatic heterocycles. The van der Waals surface area contributed by atoms with Crippen LogP contribution in [0, 0.1) is 21.4 Å². The molecule has 2 atom stereocenters. The molecule has 1 rings (SSSR count). The number of rotatable bonds is 5. The van der Waals surface area contributed by atoms with Gasteiger partial charge in [-0.1, -0.05) is 22.0 Å². The van der Waals surface area contributed by atoms with Gasteiger partial charge < -0.3 is 10.2 Å². The third-order valence-corrected chi connectivity index (χ3v) is 2.91. The highest BCUT2D eigenvalue weighted by Crippen LogP contribution is 2.26. The van der Waals surface area contributed by atoms with E-state index in [9.17, 15) is 20.3 Å². The van der Waals surface area contributed by atoms with Crippen molar-refractivity contribution in [2.24, 2.45) is 0 Å². The third-order valence-electron chi connectivity index (χ3n) is 2.45. The zero-order valence-electron chi connectivity index (χ0n) is 9.28. The summed E-state index contributed by atoms with van der Waals surface area (Å²) in [5.74, 6) is 0. The lowest BCUT2D eigenvalue weighted by Crippen LogP contribution is -2.18. The average Bonchev–Trinajstić information content (AvgIpc) is 2.37. The monoisotopic (exact) mass is 314 g/mol. The maximum absolute atomic E-state index is 10.8. The molecule has 0 heterocycles. The summed E-state index contributed by atoms with van der Waals surface area (Å²) in [5.41, 5.74) is -0.236. The normalized spacial score (nSPS) is 13.7. The molecule has 2 N–H and O–H groups in total. The minimum atomic E-state index is -1.21. The van der Waals surface area contributed by atoms with Crippen molar-refractivity contribution in [2.75, 3.05) is 5.33 Å². The Morgan fingerprint density at radius 3 is 2.67 bits per heavy atom. The van der Waals surface area contributed by atoms with Crippen molar-refractivity contribution in [3.8, 4) is 6.07 Å². The van der Waals surface area contributed by atoms with Crippen molar-refractivity contribution < 1.29 is 15.1 Å². The van der Waals surface area contributed by atoms with E-state index in [4.69, 9.17) is 5.26 Å². The zero-order valence-corrected chi connectivity index (χ0v) is 10.9. The molecule has 0 amide bonds. The van der Waals surface area contributed by atoms with Crippen LogP contribution in [0.5, 0.6) is 0 Å². The Hall–Kier alpha value is -1.49. The SMILES string of the molecule is N#Cc1ccc(C(O)C(O)CCBr)cc1[N+](=O)[O-]. The summed E-state index contributed by atoms with van der Waals surface area (Å²) in [5, 5.41) is 39.4. The van der Waals surface area contributed by atoms with Gasteiger partial charge in [-0.2, -0.15) is 5.26 Å². The van der Waals surface area contributed by atoms with E-state index in [2.05, 4.69) is 15.9 Å².